The van der Waals surface area contributed by atoms with Crippen molar-refractivity contribution < 1.29 is 14.4 Å². The predicted octanol–water partition coefficient (Wildman–Crippen LogP) is 2.90. The standard InChI is InChI=1S/C18H18BrN3O3S/c1-11-3-5-12(6-4-11)18(2)16(24)22(17(25)21-18)10-15(23)20-9-13-7-8-14(19)26-13/h3-8H,9-10H2,1-2H3,(H,20,23)(H,21,25). The number of thiophene rings is 1. The Kier molecular flexibility index (Phi) is 5.15. The first-order valence-electron chi connectivity index (χ1n) is 8.02. The molecular formula is C18H18BrN3O3S. The third-order valence-electron chi connectivity index (χ3n) is 4.29. The summed E-state index contributed by atoms with van der Waals surface area (Å²) < 4.78 is 0.977. The molecule has 4 amide bonds. The van der Waals surface area contributed by atoms with Gasteiger partial charge in [-0.25, -0.2) is 4.79 Å². The Morgan fingerprint density at radius 2 is 1.92 bits per heavy atom. The van der Waals surface area contributed by atoms with Crippen molar-refractivity contribution in [3.05, 3.63) is 56.2 Å². The number of rotatable bonds is 5. The summed E-state index contributed by atoms with van der Waals surface area (Å²) in [6.07, 6.45) is 0. The summed E-state index contributed by atoms with van der Waals surface area (Å²) in [5.74, 6) is -0.813. The summed E-state index contributed by atoms with van der Waals surface area (Å²) in [5, 5.41) is 5.43. The van der Waals surface area contributed by atoms with E-state index >= 15 is 0 Å². The van der Waals surface area contributed by atoms with E-state index in [0.29, 0.717) is 12.1 Å². The van der Waals surface area contributed by atoms with Crippen LogP contribution in [0.5, 0.6) is 0 Å². The fraction of sp³-hybridized carbons (Fsp3) is 0.278. The number of hydrogen-bond donors (Lipinski definition) is 2. The van der Waals surface area contributed by atoms with Crippen LogP contribution in [-0.2, 0) is 21.7 Å². The van der Waals surface area contributed by atoms with E-state index in [2.05, 4.69) is 26.6 Å². The van der Waals surface area contributed by atoms with Crippen LogP contribution in [0.4, 0.5) is 4.79 Å². The second kappa shape index (κ2) is 7.20. The Morgan fingerprint density at radius 1 is 1.23 bits per heavy atom. The Morgan fingerprint density at radius 3 is 2.54 bits per heavy atom. The second-order valence-electron chi connectivity index (χ2n) is 6.30. The van der Waals surface area contributed by atoms with Crippen LogP contribution in [0.1, 0.15) is 22.9 Å². The van der Waals surface area contributed by atoms with E-state index in [1.165, 1.54) is 11.3 Å². The van der Waals surface area contributed by atoms with E-state index in [9.17, 15) is 14.4 Å². The van der Waals surface area contributed by atoms with Gasteiger partial charge >= 0.3 is 6.03 Å². The number of amides is 4. The molecule has 1 atom stereocenters. The molecule has 1 aliphatic rings. The molecule has 1 aliphatic heterocycles. The molecule has 8 heteroatoms. The molecule has 0 aliphatic carbocycles. The third kappa shape index (κ3) is 3.66. The minimum Gasteiger partial charge on any atom is -0.350 e. The topological polar surface area (TPSA) is 78.5 Å². The van der Waals surface area contributed by atoms with Gasteiger partial charge in [-0.2, -0.15) is 0 Å². The van der Waals surface area contributed by atoms with Crippen LogP contribution in [0.3, 0.4) is 0 Å². The van der Waals surface area contributed by atoms with Crippen molar-refractivity contribution in [2.75, 3.05) is 6.54 Å². The normalized spacial score (nSPS) is 19.6. The molecule has 2 aromatic rings. The van der Waals surface area contributed by atoms with Gasteiger partial charge in [0.15, 0.2) is 0 Å². The molecule has 6 nitrogen and oxygen atoms in total. The van der Waals surface area contributed by atoms with Gasteiger partial charge < -0.3 is 10.6 Å². The number of benzene rings is 1. The molecule has 1 unspecified atom stereocenters. The van der Waals surface area contributed by atoms with Crippen LogP contribution < -0.4 is 10.6 Å². The van der Waals surface area contributed by atoms with Gasteiger partial charge in [-0.3, -0.25) is 14.5 Å². The van der Waals surface area contributed by atoms with Gasteiger partial charge in [-0.15, -0.1) is 11.3 Å². The quantitative estimate of drug-likeness (QED) is 0.708. The van der Waals surface area contributed by atoms with Gasteiger partial charge in [0.05, 0.1) is 10.3 Å². The molecule has 26 heavy (non-hydrogen) atoms. The lowest BCUT2D eigenvalue weighted by Crippen LogP contribution is -2.43. The van der Waals surface area contributed by atoms with Gasteiger partial charge in [0.25, 0.3) is 5.91 Å². The maximum Gasteiger partial charge on any atom is 0.325 e. The lowest BCUT2D eigenvalue weighted by atomic mass is 9.91. The number of aryl methyl sites for hydroxylation is 1. The fourth-order valence-electron chi connectivity index (χ4n) is 2.76. The van der Waals surface area contributed by atoms with E-state index in [1.54, 1.807) is 6.92 Å². The molecule has 3 rings (SSSR count). The Balaban J connectivity index is 1.66. The van der Waals surface area contributed by atoms with E-state index in [4.69, 9.17) is 0 Å². The van der Waals surface area contributed by atoms with Crippen molar-refractivity contribution in [2.24, 2.45) is 0 Å². The highest BCUT2D eigenvalue weighted by molar-refractivity contribution is 9.11. The number of urea groups is 1. The van der Waals surface area contributed by atoms with E-state index in [0.717, 1.165) is 19.1 Å². The third-order valence-corrected chi connectivity index (χ3v) is 5.92. The summed E-state index contributed by atoms with van der Waals surface area (Å²) in [4.78, 5) is 39.2. The second-order valence-corrected chi connectivity index (χ2v) is 8.84. The largest absolute Gasteiger partial charge is 0.350 e. The maximum absolute atomic E-state index is 12.8. The van der Waals surface area contributed by atoms with E-state index < -0.39 is 17.5 Å². The first kappa shape index (κ1) is 18.6. The summed E-state index contributed by atoms with van der Waals surface area (Å²) in [6.45, 7) is 3.65. The lowest BCUT2D eigenvalue weighted by molar-refractivity contribution is -0.134. The van der Waals surface area contributed by atoms with Crippen LogP contribution in [0.2, 0.25) is 0 Å². The number of imide groups is 1. The predicted molar refractivity (Wildman–Crippen MR) is 103 cm³/mol. The molecule has 1 fully saturated rings. The lowest BCUT2D eigenvalue weighted by Gasteiger charge is -2.22. The van der Waals surface area contributed by atoms with Crippen LogP contribution in [0.25, 0.3) is 0 Å². The number of carbonyl (C=O) groups is 3. The highest BCUT2D eigenvalue weighted by atomic mass is 79.9. The van der Waals surface area contributed by atoms with Gasteiger partial charge in [-0.05, 0) is 47.5 Å². The summed E-state index contributed by atoms with van der Waals surface area (Å²) in [6, 6.07) is 10.6. The van der Waals surface area contributed by atoms with Crippen molar-refractivity contribution in [1.29, 1.82) is 0 Å². The molecule has 2 N–H and O–H groups in total. The zero-order chi connectivity index (χ0) is 18.9. The smallest absolute Gasteiger partial charge is 0.325 e. The first-order valence-corrected chi connectivity index (χ1v) is 9.63. The Bertz CT molecular complexity index is 865. The average molecular weight is 436 g/mol. The minimum absolute atomic E-state index is 0.307. The molecule has 0 spiro atoms. The zero-order valence-corrected chi connectivity index (χ0v) is 16.7. The first-order chi connectivity index (χ1) is 12.3. The van der Waals surface area contributed by atoms with Crippen LogP contribution in [0, 0.1) is 6.92 Å². The monoisotopic (exact) mass is 435 g/mol. The highest BCUT2D eigenvalue weighted by Gasteiger charge is 2.49. The fourth-order valence-corrected chi connectivity index (χ4v) is 4.18. The zero-order valence-electron chi connectivity index (χ0n) is 14.3. The molecular weight excluding hydrogens is 418 g/mol. The molecule has 2 heterocycles. The molecule has 1 aromatic heterocycles. The summed E-state index contributed by atoms with van der Waals surface area (Å²) in [5.41, 5.74) is 0.585. The van der Waals surface area contributed by atoms with Crippen molar-refractivity contribution in [1.82, 2.24) is 15.5 Å². The van der Waals surface area contributed by atoms with Gasteiger partial charge in [-0.1, -0.05) is 29.8 Å². The van der Waals surface area contributed by atoms with Crippen LogP contribution >= 0.6 is 27.3 Å². The van der Waals surface area contributed by atoms with Crippen LogP contribution in [-0.4, -0.2) is 29.3 Å². The van der Waals surface area contributed by atoms with E-state index in [-0.39, 0.29) is 12.5 Å². The molecule has 136 valence electrons. The SMILES string of the molecule is Cc1ccc(C2(C)NC(=O)N(CC(=O)NCc3ccc(Br)s3)C2=O)cc1. The number of nitrogens with zero attached hydrogens (tertiary/aromatic N) is 1. The average Bonchev–Trinajstić information content (AvgIpc) is 3.11. The van der Waals surface area contributed by atoms with Crippen molar-refractivity contribution in [3.8, 4) is 0 Å². The maximum atomic E-state index is 12.8. The Labute approximate surface area is 163 Å². The highest BCUT2D eigenvalue weighted by Crippen LogP contribution is 2.29. The number of halogens is 1. The van der Waals surface area contributed by atoms with Crippen molar-refractivity contribution in [3.63, 3.8) is 0 Å². The molecule has 1 aromatic carbocycles. The minimum atomic E-state index is -1.16. The summed E-state index contributed by atoms with van der Waals surface area (Å²) >= 11 is 4.88. The van der Waals surface area contributed by atoms with Crippen molar-refractivity contribution in [2.45, 2.75) is 25.9 Å². The molecule has 1 saturated heterocycles. The number of nitrogens with one attached hydrogen (secondary N) is 2. The molecule has 0 bridgehead atoms. The summed E-state index contributed by atoms with van der Waals surface area (Å²) in [7, 11) is 0. The number of carbonyl (C=O) groups excluding carboxylic acids is 3. The molecule has 0 radical (unpaired) electrons. The van der Waals surface area contributed by atoms with Crippen LogP contribution in [0.15, 0.2) is 40.2 Å². The van der Waals surface area contributed by atoms with Gasteiger partial charge in [0.2, 0.25) is 5.91 Å². The number of hydrogen-bond acceptors (Lipinski definition) is 4. The van der Waals surface area contributed by atoms with Crippen molar-refractivity contribution >= 4 is 45.1 Å². The van der Waals surface area contributed by atoms with E-state index in [1.807, 2.05) is 43.3 Å². The molecule has 0 saturated carbocycles. The van der Waals surface area contributed by atoms with Gasteiger partial charge in [0, 0.05) is 4.88 Å². The van der Waals surface area contributed by atoms with Gasteiger partial charge in [0.1, 0.15) is 12.1 Å². The Hall–Kier alpha value is -2.19.